The fourth-order valence-corrected chi connectivity index (χ4v) is 3.72. The number of benzene rings is 2. The van der Waals surface area contributed by atoms with E-state index < -0.39 is 20.0 Å². The molecule has 0 fully saturated rings. The molecule has 0 amide bonds. The first-order valence-electron chi connectivity index (χ1n) is 6.12. The van der Waals surface area contributed by atoms with Crippen LogP contribution in [0.3, 0.4) is 0 Å². The van der Waals surface area contributed by atoms with Crippen molar-refractivity contribution in [1.82, 2.24) is 0 Å². The van der Waals surface area contributed by atoms with Gasteiger partial charge in [0.15, 0.2) is 0 Å². The summed E-state index contributed by atoms with van der Waals surface area (Å²) in [5.41, 5.74) is 0.407. The van der Waals surface area contributed by atoms with Gasteiger partial charge < -0.3 is 0 Å². The summed E-state index contributed by atoms with van der Waals surface area (Å²) in [6.45, 7) is 0. The van der Waals surface area contributed by atoms with Crippen LogP contribution in [0.1, 0.15) is 0 Å². The molecule has 2 rings (SSSR count). The molecule has 0 saturated carbocycles. The van der Waals surface area contributed by atoms with Crippen molar-refractivity contribution >= 4 is 54.6 Å². The minimum Gasteiger partial charge on any atom is -0.284 e. The molecule has 0 radical (unpaired) electrons. The number of rotatable bonds is 5. The van der Waals surface area contributed by atoms with Crippen LogP contribution in [0.5, 0.6) is 0 Å². The molecule has 23 heavy (non-hydrogen) atoms. The zero-order chi connectivity index (χ0) is 17.3. The number of hydrogen-bond acceptors (Lipinski definition) is 4. The fraction of sp³-hybridized carbons (Fsp3) is 0.0769. The first-order chi connectivity index (χ1) is 10.6. The van der Waals surface area contributed by atoms with E-state index in [9.17, 15) is 16.8 Å². The number of anilines is 2. The predicted molar refractivity (Wildman–Crippen MR) is 92.2 cm³/mol. The highest BCUT2D eigenvalue weighted by atomic mass is 35.5. The largest absolute Gasteiger partial charge is 0.284 e. The quantitative estimate of drug-likeness (QED) is 0.814. The monoisotopic (exact) mass is 394 g/mol. The lowest BCUT2D eigenvalue weighted by Gasteiger charge is -2.11. The lowest BCUT2D eigenvalue weighted by molar-refractivity contribution is 0.601. The van der Waals surface area contributed by atoms with Gasteiger partial charge in [-0.3, -0.25) is 9.44 Å². The molecule has 124 valence electrons. The Morgan fingerprint density at radius 3 is 2.04 bits per heavy atom. The summed E-state index contributed by atoms with van der Waals surface area (Å²) >= 11 is 11.7. The molecule has 0 atom stereocenters. The van der Waals surface area contributed by atoms with Gasteiger partial charge in [0.1, 0.15) is 0 Å². The van der Waals surface area contributed by atoms with Crippen molar-refractivity contribution in [3.8, 4) is 0 Å². The molecule has 2 aromatic rings. The summed E-state index contributed by atoms with van der Waals surface area (Å²) < 4.78 is 51.4. The second kappa shape index (κ2) is 6.56. The van der Waals surface area contributed by atoms with Gasteiger partial charge in [-0.25, -0.2) is 16.8 Å². The van der Waals surface area contributed by atoms with E-state index in [0.717, 1.165) is 6.26 Å². The van der Waals surface area contributed by atoms with Crippen molar-refractivity contribution in [2.45, 2.75) is 4.90 Å². The van der Waals surface area contributed by atoms with E-state index in [1.807, 2.05) is 0 Å². The summed E-state index contributed by atoms with van der Waals surface area (Å²) in [4.78, 5) is -0.0485. The summed E-state index contributed by atoms with van der Waals surface area (Å²) in [5, 5.41) is 0.535. The average Bonchev–Trinajstić information content (AvgIpc) is 2.41. The Bertz CT molecular complexity index is 927. The summed E-state index contributed by atoms with van der Waals surface area (Å²) in [6, 6.07) is 9.63. The lowest BCUT2D eigenvalue weighted by atomic mass is 10.3. The molecule has 0 unspecified atom stereocenters. The zero-order valence-electron chi connectivity index (χ0n) is 11.7. The van der Waals surface area contributed by atoms with Crippen molar-refractivity contribution in [2.75, 3.05) is 15.7 Å². The zero-order valence-corrected chi connectivity index (χ0v) is 14.9. The standard InChI is InChI=1S/C13H12Cl2N2O4S2/c1-22(18,19)16-10-3-5-11(6-4-10)23(20,21)17-13-8-9(14)2-7-12(13)15/h2-8,16-17H,1H3. The van der Waals surface area contributed by atoms with Gasteiger partial charge in [0.2, 0.25) is 10.0 Å². The van der Waals surface area contributed by atoms with Crippen LogP contribution >= 0.6 is 23.2 Å². The van der Waals surface area contributed by atoms with E-state index in [-0.39, 0.29) is 21.3 Å². The van der Waals surface area contributed by atoms with E-state index in [2.05, 4.69) is 9.44 Å². The van der Waals surface area contributed by atoms with Gasteiger partial charge in [-0.05, 0) is 42.5 Å². The number of sulfonamides is 2. The van der Waals surface area contributed by atoms with Crippen molar-refractivity contribution in [3.63, 3.8) is 0 Å². The third kappa shape index (κ3) is 5.00. The van der Waals surface area contributed by atoms with Crippen molar-refractivity contribution in [2.24, 2.45) is 0 Å². The second-order valence-electron chi connectivity index (χ2n) is 4.63. The van der Waals surface area contributed by atoms with E-state index in [1.54, 1.807) is 0 Å². The molecule has 0 aliphatic rings. The van der Waals surface area contributed by atoms with Crippen molar-refractivity contribution in [1.29, 1.82) is 0 Å². The van der Waals surface area contributed by atoms with Crippen LogP contribution in [0, 0.1) is 0 Å². The minimum atomic E-state index is -3.88. The van der Waals surface area contributed by atoms with Gasteiger partial charge in [0.05, 0.1) is 21.9 Å². The Balaban J connectivity index is 2.28. The van der Waals surface area contributed by atoms with Crippen LogP contribution in [0.4, 0.5) is 11.4 Å². The molecule has 2 N–H and O–H groups in total. The van der Waals surface area contributed by atoms with E-state index >= 15 is 0 Å². The van der Waals surface area contributed by atoms with Crippen LogP contribution in [0.15, 0.2) is 47.4 Å². The van der Waals surface area contributed by atoms with Gasteiger partial charge in [-0.15, -0.1) is 0 Å². The molecule has 0 saturated heterocycles. The maximum absolute atomic E-state index is 12.3. The lowest BCUT2D eigenvalue weighted by Crippen LogP contribution is -2.14. The van der Waals surface area contributed by atoms with Gasteiger partial charge in [0.25, 0.3) is 10.0 Å². The molecule has 0 bridgehead atoms. The number of halogens is 2. The van der Waals surface area contributed by atoms with Crippen LogP contribution in [0.2, 0.25) is 10.0 Å². The molecule has 0 aliphatic heterocycles. The number of nitrogens with one attached hydrogen (secondary N) is 2. The van der Waals surface area contributed by atoms with Gasteiger partial charge in [-0.1, -0.05) is 23.2 Å². The summed E-state index contributed by atoms with van der Waals surface area (Å²) in [7, 11) is -7.31. The highest BCUT2D eigenvalue weighted by molar-refractivity contribution is 7.92. The van der Waals surface area contributed by atoms with Crippen LogP contribution in [0.25, 0.3) is 0 Å². The molecule has 0 aliphatic carbocycles. The molecule has 0 heterocycles. The smallest absolute Gasteiger partial charge is 0.261 e. The molecule has 10 heteroatoms. The van der Waals surface area contributed by atoms with Crippen molar-refractivity contribution in [3.05, 3.63) is 52.5 Å². The average molecular weight is 395 g/mol. The first-order valence-corrected chi connectivity index (χ1v) is 10.3. The fourth-order valence-electron chi connectivity index (χ4n) is 1.70. The maximum Gasteiger partial charge on any atom is 0.261 e. The van der Waals surface area contributed by atoms with Crippen LogP contribution in [-0.4, -0.2) is 23.1 Å². The van der Waals surface area contributed by atoms with Crippen LogP contribution < -0.4 is 9.44 Å². The minimum absolute atomic E-state index is 0.0485. The molecular weight excluding hydrogens is 383 g/mol. The Labute approximate surface area is 144 Å². The third-order valence-electron chi connectivity index (χ3n) is 2.64. The highest BCUT2D eigenvalue weighted by Gasteiger charge is 2.16. The predicted octanol–water partition coefficient (Wildman–Crippen LogP) is 3.17. The Hall–Kier alpha value is -1.48. The van der Waals surface area contributed by atoms with E-state index in [0.29, 0.717) is 5.02 Å². The molecule has 2 aromatic carbocycles. The topological polar surface area (TPSA) is 92.3 Å². The Morgan fingerprint density at radius 1 is 0.870 bits per heavy atom. The second-order valence-corrected chi connectivity index (χ2v) is 8.90. The normalized spacial score (nSPS) is 12.0. The summed E-state index contributed by atoms with van der Waals surface area (Å²) in [5.74, 6) is 0. The molecule has 0 aromatic heterocycles. The summed E-state index contributed by atoms with van der Waals surface area (Å²) in [6.07, 6.45) is 1.00. The Kier molecular flexibility index (Phi) is 5.10. The first kappa shape index (κ1) is 17.9. The Morgan fingerprint density at radius 2 is 1.48 bits per heavy atom. The molecule has 6 nitrogen and oxygen atoms in total. The number of hydrogen-bond donors (Lipinski definition) is 2. The molecule has 0 spiro atoms. The van der Waals surface area contributed by atoms with E-state index in [1.165, 1.54) is 42.5 Å². The van der Waals surface area contributed by atoms with E-state index in [4.69, 9.17) is 23.2 Å². The van der Waals surface area contributed by atoms with Gasteiger partial charge in [0, 0.05) is 10.7 Å². The highest BCUT2D eigenvalue weighted by Crippen LogP contribution is 2.28. The maximum atomic E-state index is 12.3. The van der Waals surface area contributed by atoms with Crippen LogP contribution in [-0.2, 0) is 20.0 Å². The van der Waals surface area contributed by atoms with Gasteiger partial charge in [-0.2, -0.15) is 0 Å². The SMILES string of the molecule is CS(=O)(=O)Nc1ccc(S(=O)(=O)Nc2cc(Cl)ccc2Cl)cc1. The molecular formula is C13H12Cl2N2O4S2. The third-order valence-corrected chi connectivity index (χ3v) is 5.19. The van der Waals surface area contributed by atoms with Crippen molar-refractivity contribution < 1.29 is 16.8 Å². The van der Waals surface area contributed by atoms with Gasteiger partial charge >= 0.3 is 0 Å².